The van der Waals surface area contributed by atoms with Crippen LogP contribution in [0.1, 0.15) is 26.5 Å². The summed E-state index contributed by atoms with van der Waals surface area (Å²) < 4.78 is 31.1. The Balaban J connectivity index is 0.00000363. The van der Waals surface area contributed by atoms with E-state index >= 15 is 0 Å². The molecule has 0 radical (unpaired) electrons. The van der Waals surface area contributed by atoms with Crippen LogP contribution in [0, 0.1) is 0 Å². The second-order valence-corrected chi connectivity index (χ2v) is 9.80. The van der Waals surface area contributed by atoms with Gasteiger partial charge < -0.3 is 14.6 Å². The SMILES string of the molecule is C=C1C(/C=C/C(=O)OC(C)(C)C)=C(C(=O)[O-])N2C(=O)/C(=C/c3ccccn3)C2S1(=O)=O.[Na+]. The standard InChI is InChI=1S/C21H20N2O7S.Na/c1-12-14(8-9-16(24)30-21(2,3)4)17(20(26)27)23-18(25)15(19(23)31(12,28)29)11-13-7-5-6-10-22-13;/h5-11,19H,1H2,2-4H3,(H,26,27);/q;+1/p-1/b9-8+,15-11-;. The van der Waals surface area contributed by atoms with Crippen molar-refractivity contribution in [1.29, 1.82) is 0 Å². The molecule has 9 nitrogen and oxygen atoms in total. The number of ether oxygens (including phenoxy) is 1. The van der Waals surface area contributed by atoms with Crippen molar-refractivity contribution >= 4 is 33.8 Å². The molecule has 0 N–H and O–H groups in total. The van der Waals surface area contributed by atoms with Gasteiger partial charge in [-0.15, -0.1) is 0 Å². The minimum Gasteiger partial charge on any atom is -0.543 e. The molecule has 32 heavy (non-hydrogen) atoms. The van der Waals surface area contributed by atoms with Crippen LogP contribution >= 0.6 is 0 Å². The van der Waals surface area contributed by atoms with Gasteiger partial charge in [0.1, 0.15) is 5.60 Å². The maximum absolute atomic E-state index is 13.0. The van der Waals surface area contributed by atoms with Crippen LogP contribution in [-0.2, 0) is 29.0 Å². The van der Waals surface area contributed by atoms with Crippen LogP contribution in [0.5, 0.6) is 0 Å². The summed E-state index contributed by atoms with van der Waals surface area (Å²) in [4.78, 5) is 40.5. The fourth-order valence-corrected chi connectivity index (χ4v) is 4.84. The maximum Gasteiger partial charge on any atom is 1.00 e. The van der Waals surface area contributed by atoms with Crippen molar-refractivity contribution in [3.63, 3.8) is 0 Å². The van der Waals surface area contributed by atoms with Gasteiger partial charge >= 0.3 is 35.5 Å². The summed E-state index contributed by atoms with van der Waals surface area (Å²) in [5.41, 5.74) is -1.73. The van der Waals surface area contributed by atoms with Crippen molar-refractivity contribution in [2.75, 3.05) is 0 Å². The molecule has 1 fully saturated rings. The third-order valence-corrected chi connectivity index (χ3v) is 6.34. The minimum atomic E-state index is -4.24. The van der Waals surface area contributed by atoms with Crippen LogP contribution in [0.15, 0.2) is 64.9 Å². The smallest absolute Gasteiger partial charge is 0.543 e. The van der Waals surface area contributed by atoms with Gasteiger partial charge in [0, 0.05) is 17.8 Å². The van der Waals surface area contributed by atoms with E-state index in [2.05, 4.69) is 11.6 Å². The number of rotatable bonds is 4. The van der Waals surface area contributed by atoms with E-state index < -0.39 is 54.8 Å². The molecule has 1 atom stereocenters. The predicted octanol–water partition coefficient (Wildman–Crippen LogP) is -2.52. The van der Waals surface area contributed by atoms with Crippen LogP contribution in [0.25, 0.3) is 6.08 Å². The Morgan fingerprint density at radius 2 is 1.94 bits per heavy atom. The molecule has 162 valence electrons. The van der Waals surface area contributed by atoms with Gasteiger partial charge in [0.15, 0.2) is 5.37 Å². The molecule has 0 bridgehead atoms. The molecular formula is C21H19N2NaO7S. The maximum atomic E-state index is 13.0. The summed E-state index contributed by atoms with van der Waals surface area (Å²) in [6.07, 6.45) is 4.57. The zero-order valence-corrected chi connectivity index (χ0v) is 20.8. The Morgan fingerprint density at radius 1 is 1.28 bits per heavy atom. The summed E-state index contributed by atoms with van der Waals surface area (Å²) in [6.45, 7) is 8.39. The molecule has 0 aromatic carbocycles. The topological polar surface area (TPSA) is 134 Å². The number of sulfone groups is 1. The molecule has 3 rings (SSSR count). The molecule has 2 aliphatic heterocycles. The summed E-state index contributed by atoms with van der Waals surface area (Å²) >= 11 is 0. The number of hydrogen-bond donors (Lipinski definition) is 0. The molecule has 1 amide bonds. The Labute approximate surface area is 207 Å². The first-order valence-electron chi connectivity index (χ1n) is 9.10. The van der Waals surface area contributed by atoms with Gasteiger partial charge in [0.2, 0.25) is 9.84 Å². The summed E-state index contributed by atoms with van der Waals surface area (Å²) in [7, 11) is -4.24. The quantitative estimate of drug-likeness (QED) is 0.206. The number of carboxylic acid groups (broad SMARTS) is 1. The molecule has 11 heteroatoms. The normalized spacial score (nSPS) is 21.2. The van der Waals surface area contributed by atoms with Crippen molar-refractivity contribution in [1.82, 2.24) is 9.88 Å². The zero-order valence-electron chi connectivity index (χ0n) is 18.0. The number of allylic oxidation sites excluding steroid dienone is 2. The van der Waals surface area contributed by atoms with Gasteiger partial charge in [-0.05, 0) is 45.1 Å². The average Bonchev–Trinajstić information content (AvgIpc) is 2.66. The second-order valence-electron chi connectivity index (χ2n) is 7.77. The zero-order chi connectivity index (χ0) is 23.1. The first-order chi connectivity index (χ1) is 14.3. The molecule has 1 aromatic rings. The number of carbonyl (C=O) groups is 3. The molecule has 2 aliphatic rings. The van der Waals surface area contributed by atoms with E-state index in [1.165, 1.54) is 12.3 Å². The van der Waals surface area contributed by atoms with Crippen LogP contribution < -0.4 is 34.7 Å². The third kappa shape index (κ3) is 4.78. The van der Waals surface area contributed by atoms with E-state index in [0.29, 0.717) is 10.6 Å². The Hall–Kier alpha value is -2.53. The monoisotopic (exact) mass is 466 g/mol. The van der Waals surface area contributed by atoms with Gasteiger partial charge in [0.25, 0.3) is 5.91 Å². The van der Waals surface area contributed by atoms with E-state index in [1.807, 2.05) is 0 Å². The number of nitrogens with zero attached hydrogens (tertiary/aromatic N) is 2. The summed E-state index contributed by atoms with van der Waals surface area (Å²) in [6, 6.07) is 4.87. The van der Waals surface area contributed by atoms with Gasteiger partial charge in [0.05, 0.1) is 27.8 Å². The number of aliphatic carboxylic acids is 1. The van der Waals surface area contributed by atoms with Crippen molar-refractivity contribution in [2.24, 2.45) is 0 Å². The van der Waals surface area contributed by atoms with Gasteiger partial charge in [-0.2, -0.15) is 0 Å². The fourth-order valence-electron chi connectivity index (χ4n) is 3.12. The Kier molecular flexibility index (Phi) is 7.35. The van der Waals surface area contributed by atoms with E-state index in [4.69, 9.17) is 4.74 Å². The van der Waals surface area contributed by atoms with Gasteiger partial charge in [-0.1, -0.05) is 12.6 Å². The van der Waals surface area contributed by atoms with Gasteiger partial charge in [-0.3, -0.25) is 14.7 Å². The molecule has 0 spiro atoms. The number of β-lactam (4-membered cyclic amide) rings is 1. The number of carboxylic acids is 1. The first kappa shape index (κ1) is 25.7. The molecular weight excluding hydrogens is 447 g/mol. The van der Waals surface area contributed by atoms with E-state index in [-0.39, 0.29) is 35.1 Å². The first-order valence-corrected chi connectivity index (χ1v) is 10.7. The number of amides is 1. The molecule has 1 aromatic heterocycles. The number of fused-ring (bicyclic) bond motifs is 1. The molecule has 0 aliphatic carbocycles. The van der Waals surface area contributed by atoms with Crippen LogP contribution in [0.4, 0.5) is 0 Å². The number of carbonyl (C=O) groups excluding carboxylic acids is 3. The van der Waals surface area contributed by atoms with Crippen LogP contribution in [0.3, 0.4) is 0 Å². The van der Waals surface area contributed by atoms with Crippen LogP contribution in [-0.4, -0.2) is 47.1 Å². The number of aromatic nitrogens is 1. The Morgan fingerprint density at radius 3 is 2.47 bits per heavy atom. The number of hydrogen-bond acceptors (Lipinski definition) is 8. The van der Waals surface area contributed by atoms with E-state index in [1.54, 1.807) is 39.0 Å². The third-order valence-electron chi connectivity index (χ3n) is 4.38. The van der Waals surface area contributed by atoms with Crippen LogP contribution in [0.2, 0.25) is 0 Å². The van der Waals surface area contributed by atoms with Gasteiger partial charge in [-0.25, -0.2) is 13.2 Å². The number of pyridine rings is 1. The van der Waals surface area contributed by atoms with E-state index in [9.17, 15) is 27.9 Å². The largest absolute Gasteiger partial charge is 1.00 e. The fraction of sp³-hybridized carbons (Fsp3) is 0.238. The number of esters is 1. The summed E-state index contributed by atoms with van der Waals surface area (Å²) in [5, 5.41) is 10.2. The van der Waals surface area contributed by atoms with Crippen molar-refractivity contribution in [2.45, 2.75) is 31.7 Å². The molecule has 1 saturated heterocycles. The second kappa shape index (κ2) is 9.14. The van der Waals surface area contributed by atoms with Crippen molar-refractivity contribution in [3.8, 4) is 0 Å². The molecule has 3 heterocycles. The Bertz CT molecular complexity index is 1190. The predicted molar refractivity (Wildman–Crippen MR) is 108 cm³/mol. The molecule has 1 unspecified atom stereocenters. The van der Waals surface area contributed by atoms with E-state index in [0.717, 1.165) is 12.2 Å². The minimum absolute atomic E-state index is 0. The average molecular weight is 466 g/mol. The van der Waals surface area contributed by atoms with Crippen molar-refractivity contribution in [3.05, 3.63) is 70.6 Å². The molecule has 0 saturated carbocycles. The van der Waals surface area contributed by atoms with Crippen molar-refractivity contribution < 1.29 is 62.2 Å². The summed E-state index contributed by atoms with van der Waals surface area (Å²) in [5.74, 6) is -3.43.